The summed E-state index contributed by atoms with van der Waals surface area (Å²) in [7, 11) is -2.01. The van der Waals surface area contributed by atoms with Crippen molar-refractivity contribution in [2.75, 3.05) is 44.8 Å². The summed E-state index contributed by atoms with van der Waals surface area (Å²) in [5.74, 6) is 0.141. The van der Waals surface area contributed by atoms with E-state index in [4.69, 9.17) is 4.74 Å². The molecule has 0 aromatic heterocycles. The molecule has 9 heteroatoms. The molecule has 0 radical (unpaired) electrons. The third-order valence-electron chi connectivity index (χ3n) is 5.79. The van der Waals surface area contributed by atoms with Crippen LogP contribution in [0.4, 0.5) is 5.69 Å². The first-order chi connectivity index (χ1) is 14.3. The Hall–Kier alpha value is -1.97. The highest BCUT2D eigenvalue weighted by molar-refractivity contribution is 7.89. The summed E-state index contributed by atoms with van der Waals surface area (Å²) in [4.78, 5) is 26.6. The van der Waals surface area contributed by atoms with Crippen LogP contribution >= 0.6 is 0 Å². The zero-order valence-electron chi connectivity index (χ0n) is 17.7. The summed E-state index contributed by atoms with van der Waals surface area (Å²) in [5.41, 5.74) is 1.41. The van der Waals surface area contributed by atoms with E-state index in [9.17, 15) is 18.0 Å². The Bertz CT molecular complexity index is 879. The van der Waals surface area contributed by atoms with Crippen molar-refractivity contribution in [3.63, 3.8) is 0 Å². The maximum Gasteiger partial charge on any atom is 0.243 e. The van der Waals surface area contributed by atoms with Crippen LogP contribution in [0.3, 0.4) is 0 Å². The molecule has 2 heterocycles. The summed E-state index contributed by atoms with van der Waals surface area (Å²) in [5, 5.41) is 2.72. The van der Waals surface area contributed by atoms with Crippen LogP contribution in [0.5, 0.6) is 0 Å². The van der Waals surface area contributed by atoms with E-state index in [0.717, 1.165) is 18.4 Å². The van der Waals surface area contributed by atoms with Gasteiger partial charge in [0.05, 0.1) is 11.5 Å². The Balaban J connectivity index is 1.82. The third kappa shape index (κ3) is 5.19. The Morgan fingerprint density at radius 1 is 1.23 bits per heavy atom. The smallest absolute Gasteiger partial charge is 0.243 e. The first kappa shape index (κ1) is 22.7. The van der Waals surface area contributed by atoms with E-state index < -0.39 is 10.0 Å². The highest BCUT2D eigenvalue weighted by atomic mass is 32.2. The molecule has 3 rings (SSSR count). The summed E-state index contributed by atoms with van der Waals surface area (Å²) in [6.07, 6.45) is 3.28. The van der Waals surface area contributed by atoms with Crippen LogP contribution in [-0.4, -0.2) is 64.4 Å². The molecule has 2 amide bonds. The number of hydrogen-bond acceptors (Lipinski definition) is 5. The molecule has 1 fully saturated rings. The summed E-state index contributed by atoms with van der Waals surface area (Å²) in [6, 6.07) is 4.90. The van der Waals surface area contributed by atoms with Gasteiger partial charge < -0.3 is 15.0 Å². The minimum Gasteiger partial charge on any atom is -0.383 e. The van der Waals surface area contributed by atoms with Gasteiger partial charge in [-0.25, -0.2) is 8.42 Å². The monoisotopic (exact) mass is 437 g/mol. The van der Waals surface area contributed by atoms with Gasteiger partial charge in [0.25, 0.3) is 0 Å². The van der Waals surface area contributed by atoms with Gasteiger partial charge in [-0.2, -0.15) is 4.31 Å². The molecule has 2 aliphatic rings. The predicted molar refractivity (Wildman–Crippen MR) is 114 cm³/mol. The first-order valence-corrected chi connectivity index (χ1v) is 12.0. The quantitative estimate of drug-likeness (QED) is 0.653. The molecule has 0 saturated carbocycles. The zero-order chi connectivity index (χ0) is 21.7. The van der Waals surface area contributed by atoms with Crippen LogP contribution < -0.4 is 10.2 Å². The van der Waals surface area contributed by atoms with Crippen LogP contribution in [0.2, 0.25) is 0 Å². The number of benzene rings is 1. The summed E-state index contributed by atoms with van der Waals surface area (Å²) < 4.78 is 32.7. The number of carbonyl (C=O) groups is 2. The predicted octanol–water partition coefficient (Wildman–Crippen LogP) is 1.54. The second-order valence-corrected chi connectivity index (χ2v) is 9.99. The van der Waals surface area contributed by atoms with Crippen molar-refractivity contribution >= 4 is 27.5 Å². The summed E-state index contributed by atoms with van der Waals surface area (Å²) >= 11 is 0. The molecule has 0 bridgehead atoms. The largest absolute Gasteiger partial charge is 0.383 e. The van der Waals surface area contributed by atoms with Crippen LogP contribution in [0, 0.1) is 5.92 Å². The molecule has 0 aliphatic carbocycles. The molecule has 0 atom stereocenters. The van der Waals surface area contributed by atoms with E-state index in [1.807, 2.05) is 0 Å². The molecule has 2 aliphatic heterocycles. The molecule has 1 aromatic rings. The van der Waals surface area contributed by atoms with Crippen LogP contribution in [0.1, 0.15) is 38.2 Å². The average molecular weight is 438 g/mol. The lowest BCUT2D eigenvalue weighted by Gasteiger charge is -2.30. The molecule has 30 heavy (non-hydrogen) atoms. The number of methoxy groups -OCH3 is 1. The highest BCUT2D eigenvalue weighted by Gasteiger charge is 2.30. The van der Waals surface area contributed by atoms with E-state index in [0.29, 0.717) is 57.1 Å². The third-order valence-corrected chi connectivity index (χ3v) is 7.68. The second kappa shape index (κ2) is 9.89. The van der Waals surface area contributed by atoms with Crippen molar-refractivity contribution in [2.24, 2.45) is 5.92 Å². The molecule has 1 saturated heterocycles. The van der Waals surface area contributed by atoms with Gasteiger partial charge in [0, 0.05) is 38.9 Å². The number of nitrogens with zero attached hydrogens (tertiary/aromatic N) is 2. The fourth-order valence-electron chi connectivity index (χ4n) is 3.92. The molecule has 166 valence electrons. The maximum absolute atomic E-state index is 13.1. The van der Waals surface area contributed by atoms with Crippen molar-refractivity contribution in [3.05, 3.63) is 23.8 Å². The number of nitrogens with one attached hydrogen (secondary N) is 1. The minimum absolute atomic E-state index is 0.0916. The van der Waals surface area contributed by atoms with Gasteiger partial charge >= 0.3 is 0 Å². The summed E-state index contributed by atoms with van der Waals surface area (Å²) in [6.45, 7) is 3.89. The van der Waals surface area contributed by atoms with E-state index in [2.05, 4.69) is 12.2 Å². The normalized spacial score (nSPS) is 18.7. The van der Waals surface area contributed by atoms with E-state index in [-0.39, 0.29) is 23.3 Å². The molecule has 1 aromatic carbocycles. The molecular weight excluding hydrogens is 406 g/mol. The lowest BCUT2D eigenvalue weighted by atomic mass is 10.0. The van der Waals surface area contributed by atoms with Gasteiger partial charge in [-0.15, -0.1) is 0 Å². The first-order valence-electron chi connectivity index (χ1n) is 10.5. The molecule has 1 N–H and O–H groups in total. The van der Waals surface area contributed by atoms with Gasteiger partial charge in [0.2, 0.25) is 21.8 Å². The topological polar surface area (TPSA) is 96.0 Å². The van der Waals surface area contributed by atoms with Gasteiger partial charge in [0.15, 0.2) is 0 Å². The number of aryl methyl sites for hydroxylation is 1. The number of amides is 2. The lowest BCUT2D eigenvalue weighted by molar-refractivity contribution is -0.123. The molecule has 0 spiro atoms. The van der Waals surface area contributed by atoms with E-state index in [1.54, 1.807) is 29.6 Å². The Morgan fingerprint density at radius 2 is 1.97 bits per heavy atom. The van der Waals surface area contributed by atoms with E-state index in [1.165, 1.54) is 4.90 Å². The standard InChI is InChI=1S/C21H31N3O5S/c1-16-8-11-23(12-9-16)30(27,28)18-6-7-19-17(14-18)4-3-5-21(26)24(19)15-20(25)22-10-13-29-2/h6-7,14,16H,3-5,8-13,15H2,1-2H3,(H,22,25). The molecule has 0 unspecified atom stereocenters. The fraction of sp³-hybridized carbons (Fsp3) is 0.619. The van der Waals surface area contributed by atoms with Crippen molar-refractivity contribution in [1.82, 2.24) is 9.62 Å². The number of sulfonamides is 1. The number of carbonyl (C=O) groups excluding carboxylic acids is 2. The van der Waals surface area contributed by atoms with Crippen molar-refractivity contribution in [3.8, 4) is 0 Å². The second-order valence-electron chi connectivity index (χ2n) is 8.05. The highest BCUT2D eigenvalue weighted by Crippen LogP contribution is 2.31. The fourth-order valence-corrected chi connectivity index (χ4v) is 5.45. The average Bonchev–Trinajstić information content (AvgIpc) is 2.87. The van der Waals surface area contributed by atoms with Crippen LogP contribution in [-0.2, 0) is 30.8 Å². The number of rotatable bonds is 7. The zero-order valence-corrected chi connectivity index (χ0v) is 18.5. The lowest BCUT2D eigenvalue weighted by Crippen LogP contribution is -2.41. The Morgan fingerprint density at radius 3 is 2.67 bits per heavy atom. The number of fused-ring (bicyclic) bond motifs is 1. The van der Waals surface area contributed by atoms with Crippen molar-refractivity contribution in [1.29, 1.82) is 0 Å². The number of ether oxygens (including phenoxy) is 1. The van der Waals surface area contributed by atoms with Gasteiger partial charge in [-0.3, -0.25) is 9.59 Å². The number of hydrogen-bond donors (Lipinski definition) is 1. The van der Waals surface area contributed by atoms with Crippen LogP contribution in [0.25, 0.3) is 0 Å². The van der Waals surface area contributed by atoms with E-state index >= 15 is 0 Å². The SMILES string of the molecule is COCCNC(=O)CN1C(=O)CCCc2cc(S(=O)(=O)N3CCC(C)CC3)ccc21. The number of anilines is 1. The Labute approximate surface area is 178 Å². The van der Waals surface area contributed by atoms with Crippen molar-refractivity contribution in [2.45, 2.75) is 43.9 Å². The Kier molecular flexibility index (Phi) is 7.49. The number of piperidine rings is 1. The van der Waals surface area contributed by atoms with Crippen molar-refractivity contribution < 1.29 is 22.7 Å². The maximum atomic E-state index is 13.1. The van der Waals surface area contributed by atoms with Gasteiger partial charge in [-0.1, -0.05) is 6.92 Å². The minimum atomic E-state index is -3.56. The molecule has 8 nitrogen and oxygen atoms in total. The molecular formula is C21H31N3O5S. The van der Waals surface area contributed by atoms with Gasteiger partial charge in [0.1, 0.15) is 6.54 Å². The van der Waals surface area contributed by atoms with Crippen LogP contribution in [0.15, 0.2) is 23.1 Å². The van der Waals surface area contributed by atoms with Gasteiger partial charge in [-0.05, 0) is 55.4 Å².